The van der Waals surface area contributed by atoms with Crippen molar-refractivity contribution in [3.05, 3.63) is 0 Å². The quantitative estimate of drug-likeness (QED) is 0.202. The summed E-state index contributed by atoms with van der Waals surface area (Å²) in [7, 11) is 0. The molecule has 25 heavy (non-hydrogen) atoms. The molecule has 0 aliphatic carbocycles. The number of hydrogen-bond acceptors (Lipinski definition) is 4. The molecule has 0 aliphatic rings. The number of guanidine groups is 1. The van der Waals surface area contributed by atoms with Gasteiger partial charge in [0.2, 0.25) is 11.8 Å². The summed E-state index contributed by atoms with van der Waals surface area (Å²) >= 11 is 0. The number of amides is 2. The Morgan fingerprint density at radius 1 is 0.920 bits per heavy atom. The zero-order valence-electron chi connectivity index (χ0n) is 15.8. The van der Waals surface area contributed by atoms with Crippen LogP contribution in [0, 0.1) is 0 Å². The van der Waals surface area contributed by atoms with Gasteiger partial charge < -0.3 is 17.2 Å². The van der Waals surface area contributed by atoms with E-state index >= 15 is 0 Å². The van der Waals surface area contributed by atoms with Crippen LogP contribution in [-0.4, -0.2) is 30.4 Å². The summed E-state index contributed by atoms with van der Waals surface area (Å²) in [6, 6.07) is -0.707. The average Bonchev–Trinajstić information content (AvgIpc) is 2.56. The van der Waals surface area contributed by atoms with Gasteiger partial charge in [-0.25, -0.2) is 0 Å². The standard InChI is InChI=1S/C18H37N5O2/c1-2-3-4-5-6-7-8-9-10-13-16(24)23-17(25)15(19)12-11-14-22-18(20)21/h15H,2-14,19H2,1H3,(H4,20,21,22)(H,23,24,25). The first-order valence-electron chi connectivity index (χ1n) is 9.62. The third-order valence-electron chi connectivity index (χ3n) is 4.07. The van der Waals surface area contributed by atoms with E-state index in [0.717, 1.165) is 19.3 Å². The van der Waals surface area contributed by atoms with E-state index in [1.165, 1.54) is 38.5 Å². The maximum atomic E-state index is 11.8. The van der Waals surface area contributed by atoms with Crippen molar-refractivity contribution in [1.82, 2.24) is 5.32 Å². The molecule has 0 bridgehead atoms. The Morgan fingerprint density at radius 3 is 2.04 bits per heavy atom. The van der Waals surface area contributed by atoms with Gasteiger partial charge in [0.25, 0.3) is 0 Å². The highest BCUT2D eigenvalue weighted by molar-refractivity contribution is 5.97. The normalized spacial score (nSPS) is 11.8. The van der Waals surface area contributed by atoms with Gasteiger partial charge in [-0.15, -0.1) is 0 Å². The van der Waals surface area contributed by atoms with E-state index in [0.29, 0.717) is 25.8 Å². The van der Waals surface area contributed by atoms with Gasteiger partial charge in [-0.3, -0.25) is 19.9 Å². The van der Waals surface area contributed by atoms with Crippen LogP contribution in [0.1, 0.15) is 84.0 Å². The zero-order chi connectivity index (χ0) is 18.9. The number of unbranched alkanes of at least 4 members (excludes halogenated alkanes) is 8. The maximum absolute atomic E-state index is 11.8. The first-order valence-corrected chi connectivity index (χ1v) is 9.62. The van der Waals surface area contributed by atoms with Gasteiger partial charge in [0.05, 0.1) is 6.04 Å². The lowest BCUT2D eigenvalue weighted by atomic mass is 10.1. The van der Waals surface area contributed by atoms with Crippen LogP contribution in [0.25, 0.3) is 0 Å². The van der Waals surface area contributed by atoms with Crippen molar-refractivity contribution in [2.75, 3.05) is 6.54 Å². The maximum Gasteiger partial charge on any atom is 0.243 e. The molecular formula is C18H37N5O2. The molecule has 0 aliphatic heterocycles. The van der Waals surface area contributed by atoms with Gasteiger partial charge in [0.1, 0.15) is 0 Å². The van der Waals surface area contributed by atoms with E-state index in [1.54, 1.807) is 0 Å². The van der Waals surface area contributed by atoms with Gasteiger partial charge in [-0.2, -0.15) is 0 Å². The van der Waals surface area contributed by atoms with E-state index in [9.17, 15) is 9.59 Å². The Kier molecular flexibility index (Phi) is 14.8. The number of imide groups is 1. The van der Waals surface area contributed by atoms with Crippen molar-refractivity contribution in [1.29, 1.82) is 0 Å². The molecule has 7 nitrogen and oxygen atoms in total. The van der Waals surface area contributed by atoms with E-state index < -0.39 is 11.9 Å². The minimum absolute atomic E-state index is 0.0224. The second-order valence-electron chi connectivity index (χ2n) is 6.55. The van der Waals surface area contributed by atoms with E-state index in [4.69, 9.17) is 17.2 Å². The van der Waals surface area contributed by atoms with Crippen molar-refractivity contribution in [3.8, 4) is 0 Å². The molecule has 0 aromatic heterocycles. The van der Waals surface area contributed by atoms with Crippen LogP contribution >= 0.6 is 0 Å². The molecule has 7 heteroatoms. The number of carbonyl (C=O) groups is 2. The lowest BCUT2D eigenvalue weighted by Gasteiger charge is -2.10. The fourth-order valence-electron chi connectivity index (χ4n) is 2.54. The molecule has 7 N–H and O–H groups in total. The van der Waals surface area contributed by atoms with E-state index in [2.05, 4.69) is 17.2 Å². The molecule has 2 amide bonds. The minimum atomic E-state index is -0.707. The number of aliphatic imine (C=N–C) groups is 1. The first kappa shape index (κ1) is 23.4. The summed E-state index contributed by atoms with van der Waals surface area (Å²) in [6.07, 6.45) is 12.1. The van der Waals surface area contributed by atoms with Crippen LogP contribution in [0.3, 0.4) is 0 Å². The highest BCUT2D eigenvalue weighted by Crippen LogP contribution is 2.10. The molecular weight excluding hydrogens is 318 g/mol. The van der Waals surface area contributed by atoms with Crippen LogP contribution in [0.5, 0.6) is 0 Å². The second-order valence-corrected chi connectivity index (χ2v) is 6.55. The Balaban J connectivity index is 3.60. The van der Waals surface area contributed by atoms with Gasteiger partial charge >= 0.3 is 0 Å². The predicted molar refractivity (Wildman–Crippen MR) is 103 cm³/mol. The lowest BCUT2D eigenvalue weighted by molar-refractivity contribution is -0.131. The molecule has 1 atom stereocenters. The monoisotopic (exact) mass is 355 g/mol. The largest absolute Gasteiger partial charge is 0.370 e. The summed E-state index contributed by atoms with van der Waals surface area (Å²) in [5.41, 5.74) is 16.2. The summed E-state index contributed by atoms with van der Waals surface area (Å²) in [4.78, 5) is 27.4. The summed E-state index contributed by atoms with van der Waals surface area (Å²) in [5, 5.41) is 2.37. The van der Waals surface area contributed by atoms with E-state index in [-0.39, 0.29) is 11.9 Å². The van der Waals surface area contributed by atoms with E-state index in [1.807, 2.05) is 0 Å². The second kappa shape index (κ2) is 15.9. The number of nitrogens with one attached hydrogen (secondary N) is 1. The molecule has 0 saturated heterocycles. The fraction of sp³-hybridized carbons (Fsp3) is 0.833. The number of carbonyl (C=O) groups excluding carboxylic acids is 2. The highest BCUT2D eigenvalue weighted by Gasteiger charge is 2.15. The highest BCUT2D eigenvalue weighted by atomic mass is 16.2. The SMILES string of the molecule is CCCCCCCCCCCC(=O)NC(=O)C(N)CCCN=C(N)N. The number of nitrogens with two attached hydrogens (primary N) is 3. The summed E-state index contributed by atoms with van der Waals surface area (Å²) in [5.74, 6) is -0.646. The molecule has 146 valence electrons. The molecule has 0 saturated carbocycles. The number of rotatable bonds is 15. The molecule has 0 fully saturated rings. The number of nitrogens with zero attached hydrogens (tertiary/aromatic N) is 1. The van der Waals surface area contributed by atoms with Gasteiger partial charge in [0.15, 0.2) is 5.96 Å². The number of hydrogen-bond donors (Lipinski definition) is 4. The van der Waals surface area contributed by atoms with Crippen molar-refractivity contribution in [2.24, 2.45) is 22.2 Å². The van der Waals surface area contributed by atoms with Crippen LogP contribution in [0.2, 0.25) is 0 Å². The fourth-order valence-corrected chi connectivity index (χ4v) is 2.54. The first-order chi connectivity index (χ1) is 12.0. The molecule has 0 rings (SSSR count). The predicted octanol–water partition coefficient (Wildman–Crippen LogP) is 1.93. The van der Waals surface area contributed by atoms with Crippen molar-refractivity contribution < 1.29 is 9.59 Å². The molecule has 0 aromatic carbocycles. The molecule has 0 radical (unpaired) electrons. The van der Waals surface area contributed by atoms with Crippen LogP contribution in [0.4, 0.5) is 0 Å². The van der Waals surface area contributed by atoms with Crippen LogP contribution in [-0.2, 0) is 9.59 Å². The summed E-state index contributed by atoms with van der Waals surface area (Å²) < 4.78 is 0. The Hall–Kier alpha value is -1.63. The molecule has 0 spiro atoms. The van der Waals surface area contributed by atoms with Crippen molar-refractivity contribution in [2.45, 2.75) is 90.0 Å². The van der Waals surface area contributed by atoms with Crippen LogP contribution < -0.4 is 22.5 Å². The minimum Gasteiger partial charge on any atom is -0.370 e. The molecule has 0 heterocycles. The lowest BCUT2D eigenvalue weighted by Crippen LogP contribution is -2.43. The molecule has 1 unspecified atom stereocenters. The van der Waals surface area contributed by atoms with Gasteiger partial charge in [-0.1, -0.05) is 58.3 Å². The Bertz CT molecular complexity index is 395. The third kappa shape index (κ3) is 15.6. The van der Waals surface area contributed by atoms with Crippen LogP contribution in [0.15, 0.2) is 4.99 Å². The third-order valence-corrected chi connectivity index (χ3v) is 4.07. The zero-order valence-corrected chi connectivity index (χ0v) is 15.8. The van der Waals surface area contributed by atoms with Gasteiger partial charge in [-0.05, 0) is 19.3 Å². The van der Waals surface area contributed by atoms with Crippen molar-refractivity contribution >= 4 is 17.8 Å². The topological polar surface area (TPSA) is 137 Å². The average molecular weight is 356 g/mol. The van der Waals surface area contributed by atoms with Crippen molar-refractivity contribution in [3.63, 3.8) is 0 Å². The Morgan fingerprint density at radius 2 is 1.48 bits per heavy atom. The smallest absolute Gasteiger partial charge is 0.243 e. The summed E-state index contributed by atoms with van der Waals surface area (Å²) in [6.45, 7) is 2.64. The Labute approximate surface area is 152 Å². The molecule has 0 aromatic rings. The van der Waals surface area contributed by atoms with Gasteiger partial charge in [0, 0.05) is 13.0 Å².